The molecule has 0 spiro atoms. The van der Waals surface area contributed by atoms with E-state index in [0.717, 1.165) is 77.5 Å². The number of furan rings is 2. The van der Waals surface area contributed by atoms with Crippen LogP contribution in [0.1, 0.15) is 22.9 Å². The molecule has 8 aromatic rings. The number of rotatable bonds is 4. The Labute approximate surface area is 252 Å². The lowest BCUT2D eigenvalue weighted by Gasteiger charge is -2.23. The van der Waals surface area contributed by atoms with Crippen LogP contribution in [0.4, 0.5) is 0 Å². The monoisotopic (exact) mass is 567 g/mol. The summed E-state index contributed by atoms with van der Waals surface area (Å²) in [5.41, 5.74) is 8.45. The van der Waals surface area contributed by atoms with E-state index in [2.05, 4.69) is 78.1 Å². The number of benzene rings is 6. The molecule has 44 heavy (non-hydrogen) atoms. The van der Waals surface area contributed by atoms with Crippen LogP contribution in [-0.4, -0.2) is 11.7 Å². The van der Waals surface area contributed by atoms with Crippen molar-refractivity contribution in [1.82, 2.24) is 5.32 Å². The Hall–Kier alpha value is -5.94. The molecule has 0 amide bonds. The van der Waals surface area contributed by atoms with Crippen molar-refractivity contribution in [3.05, 3.63) is 156 Å². The summed E-state index contributed by atoms with van der Waals surface area (Å²) in [5, 5.41) is 7.79. The summed E-state index contributed by atoms with van der Waals surface area (Å²) in [5.74, 6) is 1.45. The molecule has 0 aliphatic carbocycles. The third-order valence-corrected chi connectivity index (χ3v) is 8.36. The number of aliphatic imine (C=N–C) groups is 2. The van der Waals surface area contributed by atoms with Crippen molar-refractivity contribution in [2.45, 2.75) is 6.17 Å². The highest BCUT2D eigenvalue weighted by molar-refractivity contribution is 6.22. The lowest BCUT2D eigenvalue weighted by Crippen LogP contribution is -2.33. The highest BCUT2D eigenvalue weighted by atomic mass is 16.3. The Bertz CT molecular complexity index is 2420. The number of nitrogens with one attached hydrogen (secondary N) is 1. The maximum atomic E-state index is 6.49. The zero-order valence-corrected chi connectivity index (χ0v) is 23.6. The predicted octanol–water partition coefficient (Wildman–Crippen LogP) is 9.65. The second-order valence-corrected chi connectivity index (χ2v) is 11.0. The average molecular weight is 568 g/mol. The second kappa shape index (κ2) is 9.82. The average Bonchev–Trinajstić information content (AvgIpc) is 3.67. The molecular formula is C39H25N3O2. The molecule has 3 heterocycles. The summed E-state index contributed by atoms with van der Waals surface area (Å²) in [7, 11) is 0. The molecule has 5 nitrogen and oxygen atoms in total. The van der Waals surface area contributed by atoms with Crippen molar-refractivity contribution in [3.8, 4) is 11.1 Å². The first-order chi connectivity index (χ1) is 21.8. The summed E-state index contributed by atoms with van der Waals surface area (Å²) in [6.45, 7) is 0. The maximum absolute atomic E-state index is 6.49. The Kier molecular flexibility index (Phi) is 5.50. The van der Waals surface area contributed by atoms with Crippen LogP contribution in [-0.2, 0) is 0 Å². The number of para-hydroxylation sites is 2. The van der Waals surface area contributed by atoms with Gasteiger partial charge in [-0.05, 0) is 35.4 Å². The zero-order valence-electron chi connectivity index (χ0n) is 23.6. The minimum Gasteiger partial charge on any atom is -0.456 e. The van der Waals surface area contributed by atoms with Crippen LogP contribution in [0, 0.1) is 0 Å². The van der Waals surface area contributed by atoms with Crippen molar-refractivity contribution in [2.24, 2.45) is 9.98 Å². The van der Waals surface area contributed by atoms with Crippen LogP contribution in [0.5, 0.6) is 0 Å². The van der Waals surface area contributed by atoms with Gasteiger partial charge in [-0.15, -0.1) is 0 Å². The van der Waals surface area contributed by atoms with Gasteiger partial charge in [0.2, 0.25) is 0 Å². The van der Waals surface area contributed by atoms with E-state index < -0.39 is 0 Å². The first-order valence-electron chi connectivity index (χ1n) is 14.7. The molecule has 1 unspecified atom stereocenters. The van der Waals surface area contributed by atoms with Crippen molar-refractivity contribution in [3.63, 3.8) is 0 Å². The molecule has 208 valence electrons. The van der Waals surface area contributed by atoms with Gasteiger partial charge in [-0.25, -0.2) is 9.98 Å². The SMILES string of the molecule is c1ccc(C2=NC(c3cccc4oc5cc(-c6cccc7c6oc6ccccc67)ccc5c34)=NC(c3ccccc3)N2)cc1. The van der Waals surface area contributed by atoms with Gasteiger partial charge >= 0.3 is 0 Å². The molecule has 1 aliphatic heterocycles. The van der Waals surface area contributed by atoms with E-state index in [1.807, 2.05) is 66.7 Å². The van der Waals surface area contributed by atoms with Gasteiger partial charge in [0, 0.05) is 38.2 Å². The molecule has 1 N–H and O–H groups in total. The van der Waals surface area contributed by atoms with Crippen molar-refractivity contribution < 1.29 is 8.83 Å². The largest absolute Gasteiger partial charge is 0.456 e. The molecule has 0 saturated carbocycles. The fourth-order valence-electron chi connectivity index (χ4n) is 6.27. The second-order valence-electron chi connectivity index (χ2n) is 11.0. The fourth-order valence-corrected chi connectivity index (χ4v) is 6.27. The van der Waals surface area contributed by atoms with Gasteiger partial charge < -0.3 is 14.2 Å². The van der Waals surface area contributed by atoms with E-state index in [0.29, 0.717) is 5.84 Å². The molecule has 9 rings (SSSR count). The highest BCUT2D eigenvalue weighted by Crippen LogP contribution is 2.39. The van der Waals surface area contributed by atoms with Gasteiger partial charge in [0.1, 0.15) is 34.3 Å². The van der Waals surface area contributed by atoms with Gasteiger partial charge in [-0.1, -0.05) is 115 Å². The van der Waals surface area contributed by atoms with Gasteiger partial charge in [-0.2, -0.15) is 0 Å². The molecule has 0 bridgehead atoms. The van der Waals surface area contributed by atoms with Crippen LogP contribution < -0.4 is 5.32 Å². The lowest BCUT2D eigenvalue weighted by atomic mass is 9.99. The highest BCUT2D eigenvalue weighted by Gasteiger charge is 2.23. The minimum absolute atomic E-state index is 0.275. The molecule has 1 aliphatic rings. The van der Waals surface area contributed by atoms with Crippen LogP contribution >= 0.6 is 0 Å². The topological polar surface area (TPSA) is 63.0 Å². The summed E-state index contributed by atoms with van der Waals surface area (Å²) in [6.07, 6.45) is -0.275. The molecule has 6 aromatic carbocycles. The fraction of sp³-hybridized carbons (Fsp3) is 0.0256. The summed E-state index contributed by atoms with van der Waals surface area (Å²) < 4.78 is 12.8. The first kappa shape index (κ1) is 24.6. The third kappa shape index (κ3) is 3.94. The van der Waals surface area contributed by atoms with Gasteiger partial charge in [0.25, 0.3) is 0 Å². The number of hydrogen-bond acceptors (Lipinski definition) is 5. The quantitative estimate of drug-likeness (QED) is 0.230. The standard InChI is InChI=1S/C39H25N3O2/c1-3-11-24(12-4-1)37-40-38(25-13-5-2-6-14-25)42-39(41-37)31-18-10-20-33-35(31)30-22-21-26(23-34(30)43-33)27-16-9-17-29-28-15-7-8-19-32(28)44-36(27)29/h1-23,37H,(H,40,41,42). The first-order valence-corrected chi connectivity index (χ1v) is 14.7. The van der Waals surface area contributed by atoms with Crippen LogP contribution in [0.2, 0.25) is 0 Å². The maximum Gasteiger partial charge on any atom is 0.160 e. The van der Waals surface area contributed by atoms with E-state index in [1.54, 1.807) is 0 Å². The number of amidine groups is 2. The Morgan fingerprint density at radius 1 is 0.523 bits per heavy atom. The van der Waals surface area contributed by atoms with Crippen molar-refractivity contribution in [1.29, 1.82) is 0 Å². The molecule has 0 radical (unpaired) electrons. The molecule has 1 atom stereocenters. The van der Waals surface area contributed by atoms with Gasteiger partial charge in [0.15, 0.2) is 5.84 Å². The number of hydrogen-bond donors (Lipinski definition) is 1. The van der Waals surface area contributed by atoms with E-state index in [9.17, 15) is 0 Å². The van der Waals surface area contributed by atoms with E-state index in [-0.39, 0.29) is 6.17 Å². The van der Waals surface area contributed by atoms with Crippen molar-refractivity contribution in [2.75, 3.05) is 0 Å². The Morgan fingerprint density at radius 3 is 2.14 bits per heavy atom. The van der Waals surface area contributed by atoms with Gasteiger partial charge in [0.05, 0.1) is 0 Å². The van der Waals surface area contributed by atoms with E-state index >= 15 is 0 Å². The molecule has 5 heteroatoms. The van der Waals surface area contributed by atoms with E-state index in [1.165, 1.54) is 0 Å². The van der Waals surface area contributed by atoms with Crippen LogP contribution in [0.15, 0.2) is 158 Å². The Balaban J connectivity index is 1.21. The normalized spacial score (nSPS) is 15.0. The predicted molar refractivity (Wildman–Crippen MR) is 178 cm³/mol. The molecular weight excluding hydrogens is 542 g/mol. The summed E-state index contributed by atoms with van der Waals surface area (Å²) in [6, 6.07) is 47.4. The van der Waals surface area contributed by atoms with E-state index in [4.69, 9.17) is 18.8 Å². The summed E-state index contributed by atoms with van der Waals surface area (Å²) >= 11 is 0. The third-order valence-electron chi connectivity index (χ3n) is 8.36. The molecule has 2 aromatic heterocycles. The van der Waals surface area contributed by atoms with Crippen molar-refractivity contribution >= 4 is 55.5 Å². The number of nitrogens with zero attached hydrogens (tertiary/aromatic N) is 2. The van der Waals surface area contributed by atoms with Crippen LogP contribution in [0.25, 0.3) is 55.0 Å². The number of fused-ring (bicyclic) bond motifs is 6. The summed E-state index contributed by atoms with van der Waals surface area (Å²) in [4.78, 5) is 10.2. The Morgan fingerprint density at radius 2 is 1.25 bits per heavy atom. The lowest BCUT2D eigenvalue weighted by molar-refractivity contribution is 0.667. The molecule has 0 saturated heterocycles. The zero-order chi connectivity index (χ0) is 29.0. The van der Waals surface area contributed by atoms with Crippen LogP contribution in [0.3, 0.4) is 0 Å². The smallest absolute Gasteiger partial charge is 0.160 e. The minimum atomic E-state index is -0.275. The van der Waals surface area contributed by atoms with Gasteiger partial charge in [-0.3, -0.25) is 0 Å². The molecule has 0 fully saturated rings.